The van der Waals surface area contributed by atoms with Crippen molar-refractivity contribution in [2.45, 2.75) is 58.3 Å². The number of hydrogen-bond donors (Lipinski definition) is 1. The van der Waals surface area contributed by atoms with Crippen LogP contribution in [0.25, 0.3) is 0 Å². The van der Waals surface area contributed by atoms with Crippen LogP contribution in [0.15, 0.2) is 12.3 Å². The second-order valence-corrected chi connectivity index (χ2v) is 7.07. The molecule has 1 aliphatic rings. The quantitative estimate of drug-likeness (QED) is 0.672. The van der Waals surface area contributed by atoms with Crippen molar-refractivity contribution in [2.24, 2.45) is 0 Å². The molecule has 20 heavy (non-hydrogen) atoms. The number of pyridine rings is 1. The summed E-state index contributed by atoms with van der Waals surface area (Å²) < 4.78 is 12.0. The summed E-state index contributed by atoms with van der Waals surface area (Å²) in [5, 5.41) is 10.6. The first-order valence-electron chi connectivity index (χ1n) is 6.68. The zero-order valence-corrected chi connectivity index (χ0v) is 13.6. The van der Waals surface area contributed by atoms with E-state index in [0.717, 1.165) is 5.46 Å². The van der Waals surface area contributed by atoms with Crippen LogP contribution in [-0.4, -0.2) is 28.4 Å². The van der Waals surface area contributed by atoms with Crippen LogP contribution >= 0.6 is 11.6 Å². The number of nitrogens with zero attached hydrogens (tertiary/aromatic N) is 1. The standard InChI is InChI=1S/C14H21BClNO3/c1-12(2,18)10-9(7-8-17-11(10)16)15-19-13(3,4)14(5,6)20-15/h7-8,18H,1-6H3. The number of rotatable bonds is 2. The molecular weight excluding hydrogens is 276 g/mol. The average Bonchev–Trinajstić information content (AvgIpc) is 2.46. The lowest BCUT2D eigenvalue weighted by Gasteiger charge is -2.32. The van der Waals surface area contributed by atoms with Crippen molar-refractivity contribution in [2.75, 3.05) is 0 Å². The summed E-state index contributed by atoms with van der Waals surface area (Å²) in [5.74, 6) is 0. The lowest BCUT2D eigenvalue weighted by molar-refractivity contribution is 0.00578. The fraction of sp³-hybridized carbons (Fsp3) is 0.643. The topological polar surface area (TPSA) is 51.6 Å². The Morgan fingerprint density at radius 2 is 1.70 bits per heavy atom. The van der Waals surface area contributed by atoms with E-state index < -0.39 is 23.9 Å². The summed E-state index contributed by atoms with van der Waals surface area (Å²) in [4.78, 5) is 4.04. The minimum Gasteiger partial charge on any atom is -0.399 e. The SMILES string of the molecule is CC(C)(O)c1c(B2OC(C)(C)C(C)(C)O2)ccnc1Cl. The molecule has 4 nitrogen and oxygen atoms in total. The van der Waals surface area contributed by atoms with Crippen LogP contribution in [0.4, 0.5) is 0 Å². The molecule has 2 heterocycles. The maximum atomic E-state index is 10.3. The molecule has 0 aromatic carbocycles. The molecule has 1 saturated heterocycles. The molecule has 1 aromatic heterocycles. The van der Waals surface area contributed by atoms with E-state index in [0.29, 0.717) is 5.56 Å². The van der Waals surface area contributed by atoms with Gasteiger partial charge < -0.3 is 14.4 Å². The predicted molar refractivity (Wildman–Crippen MR) is 80.2 cm³/mol. The summed E-state index contributed by atoms with van der Waals surface area (Å²) in [6, 6.07) is 1.78. The van der Waals surface area contributed by atoms with E-state index in [4.69, 9.17) is 20.9 Å². The maximum Gasteiger partial charge on any atom is 0.495 e. The lowest BCUT2D eigenvalue weighted by atomic mass is 9.73. The van der Waals surface area contributed by atoms with Gasteiger partial charge in [-0.1, -0.05) is 11.6 Å². The minimum atomic E-state index is -1.12. The highest BCUT2D eigenvalue weighted by Crippen LogP contribution is 2.37. The van der Waals surface area contributed by atoms with Crippen LogP contribution in [0, 0.1) is 0 Å². The molecule has 0 bridgehead atoms. The zero-order chi connectivity index (χ0) is 15.3. The second-order valence-electron chi connectivity index (χ2n) is 6.71. The van der Waals surface area contributed by atoms with E-state index in [2.05, 4.69) is 4.98 Å². The Balaban J connectivity index is 2.49. The van der Waals surface area contributed by atoms with E-state index in [-0.39, 0.29) is 5.15 Å². The van der Waals surface area contributed by atoms with Gasteiger partial charge in [0.1, 0.15) is 5.15 Å². The van der Waals surface area contributed by atoms with E-state index in [1.807, 2.05) is 27.7 Å². The van der Waals surface area contributed by atoms with Crippen LogP contribution in [0.2, 0.25) is 5.15 Å². The highest BCUT2D eigenvalue weighted by atomic mass is 35.5. The van der Waals surface area contributed by atoms with Crippen LogP contribution < -0.4 is 5.46 Å². The van der Waals surface area contributed by atoms with Gasteiger partial charge in [-0.3, -0.25) is 0 Å². The maximum absolute atomic E-state index is 10.3. The Hall–Kier alpha value is -0.615. The molecule has 110 valence electrons. The fourth-order valence-electron chi connectivity index (χ4n) is 2.22. The molecule has 1 fully saturated rings. The first-order valence-corrected chi connectivity index (χ1v) is 7.06. The molecule has 0 saturated carbocycles. The number of aliphatic hydroxyl groups is 1. The molecule has 0 amide bonds. The van der Waals surface area contributed by atoms with E-state index in [1.54, 1.807) is 26.1 Å². The van der Waals surface area contributed by atoms with E-state index in [1.165, 1.54) is 0 Å². The van der Waals surface area contributed by atoms with Gasteiger partial charge in [0.15, 0.2) is 0 Å². The van der Waals surface area contributed by atoms with Crippen LogP contribution in [-0.2, 0) is 14.9 Å². The van der Waals surface area contributed by atoms with Gasteiger partial charge in [0.2, 0.25) is 0 Å². The number of aromatic nitrogens is 1. The van der Waals surface area contributed by atoms with Gasteiger partial charge in [-0.2, -0.15) is 0 Å². The first kappa shape index (κ1) is 15.8. The van der Waals surface area contributed by atoms with Crippen molar-refractivity contribution < 1.29 is 14.4 Å². The summed E-state index contributed by atoms with van der Waals surface area (Å²) in [6.45, 7) is 11.3. The molecule has 0 radical (unpaired) electrons. The third-order valence-electron chi connectivity index (χ3n) is 4.06. The zero-order valence-electron chi connectivity index (χ0n) is 12.8. The summed E-state index contributed by atoms with van der Waals surface area (Å²) >= 11 is 6.15. The third kappa shape index (κ3) is 2.60. The largest absolute Gasteiger partial charge is 0.495 e. The van der Waals surface area contributed by atoms with Gasteiger partial charge in [-0.25, -0.2) is 4.98 Å². The summed E-state index contributed by atoms with van der Waals surface area (Å²) in [5.41, 5.74) is -0.741. The molecular formula is C14H21BClNO3. The molecule has 1 N–H and O–H groups in total. The molecule has 0 spiro atoms. The average molecular weight is 298 g/mol. The van der Waals surface area contributed by atoms with Crippen molar-refractivity contribution >= 4 is 24.2 Å². The molecule has 1 aliphatic heterocycles. The minimum absolute atomic E-state index is 0.268. The Morgan fingerprint density at radius 1 is 1.20 bits per heavy atom. The summed E-state index contributed by atoms with van der Waals surface area (Å²) in [6.07, 6.45) is 1.60. The Morgan fingerprint density at radius 3 is 2.15 bits per heavy atom. The molecule has 0 unspecified atom stereocenters. The predicted octanol–water partition coefficient (Wildman–Crippen LogP) is 2.26. The highest BCUT2D eigenvalue weighted by Gasteiger charge is 2.53. The molecule has 1 aromatic rings. The third-order valence-corrected chi connectivity index (χ3v) is 4.34. The first-order chi connectivity index (χ1) is 8.96. The van der Waals surface area contributed by atoms with Crippen molar-refractivity contribution in [3.05, 3.63) is 23.0 Å². The monoisotopic (exact) mass is 297 g/mol. The summed E-state index contributed by atoms with van der Waals surface area (Å²) in [7, 11) is -0.568. The van der Waals surface area contributed by atoms with Crippen molar-refractivity contribution in [3.8, 4) is 0 Å². The molecule has 0 atom stereocenters. The van der Waals surface area contributed by atoms with Crippen molar-refractivity contribution in [1.29, 1.82) is 0 Å². The second kappa shape index (κ2) is 4.70. The van der Waals surface area contributed by atoms with E-state index >= 15 is 0 Å². The fourth-order valence-corrected chi connectivity index (χ4v) is 2.62. The van der Waals surface area contributed by atoms with E-state index in [9.17, 15) is 5.11 Å². The lowest BCUT2D eigenvalue weighted by Crippen LogP contribution is -2.41. The Kier molecular flexibility index (Phi) is 3.71. The van der Waals surface area contributed by atoms with Crippen LogP contribution in [0.1, 0.15) is 47.1 Å². The van der Waals surface area contributed by atoms with Crippen molar-refractivity contribution in [1.82, 2.24) is 4.98 Å². The molecule has 0 aliphatic carbocycles. The smallest absolute Gasteiger partial charge is 0.399 e. The normalized spacial score (nSPS) is 21.3. The van der Waals surface area contributed by atoms with Gasteiger partial charge >= 0.3 is 7.12 Å². The number of halogens is 1. The number of hydrogen-bond acceptors (Lipinski definition) is 4. The van der Waals surface area contributed by atoms with Crippen LogP contribution in [0.3, 0.4) is 0 Å². The van der Waals surface area contributed by atoms with Gasteiger partial charge in [0.05, 0.1) is 16.8 Å². The Labute approximate surface area is 125 Å². The van der Waals surface area contributed by atoms with Gasteiger partial charge in [-0.15, -0.1) is 0 Å². The highest BCUT2D eigenvalue weighted by molar-refractivity contribution is 6.63. The molecule has 6 heteroatoms. The van der Waals surface area contributed by atoms with Gasteiger partial charge in [0.25, 0.3) is 0 Å². The molecule has 2 rings (SSSR count). The Bertz CT molecular complexity index is 510. The van der Waals surface area contributed by atoms with Gasteiger partial charge in [0, 0.05) is 11.8 Å². The van der Waals surface area contributed by atoms with Gasteiger partial charge in [-0.05, 0) is 53.1 Å². The van der Waals surface area contributed by atoms with Crippen LogP contribution in [0.5, 0.6) is 0 Å². The van der Waals surface area contributed by atoms with Crippen molar-refractivity contribution in [3.63, 3.8) is 0 Å².